The maximum absolute atomic E-state index is 11.0. The van der Waals surface area contributed by atoms with Gasteiger partial charge in [0.25, 0.3) is 5.79 Å². The maximum atomic E-state index is 11.0. The summed E-state index contributed by atoms with van der Waals surface area (Å²) < 4.78 is 12.1. The highest BCUT2D eigenvalue weighted by Gasteiger charge is 2.44. The van der Waals surface area contributed by atoms with Crippen molar-refractivity contribution in [3.8, 4) is 11.5 Å². The molecule has 1 aromatic carbocycles. The van der Waals surface area contributed by atoms with E-state index in [1.54, 1.807) is 6.07 Å². The molecule has 2 aliphatic rings. The highest BCUT2D eigenvalue weighted by molar-refractivity contribution is 9.10. The zero-order valence-corrected chi connectivity index (χ0v) is 10.6. The molecule has 5 heteroatoms. The predicted molar refractivity (Wildman–Crippen MR) is 63.6 cm³/mol. The Morgan fingerprint density at radius 1 is 1.24 bits per heavy atom. The standard InChI is InChI=1S/C12H11BrO4/c13-8-6-10-9(5-7(8)11(14)15)16-12(17-10)3-1-2-4-12/h5-6H,1-4H2,(H,14,15). The number of fused-ring (bicyclic) bond motifs is 1. The lowest BCUT2D eigenvalue weighted by Gasteiger charge is -2.21. The number of halogens is 1. The normalized spacial score (nSPS) is 19.8. The molecule has 1 fully saturated rings. The van der Waals surface area contributed by atoms with Crippen LogP contribution in [0.3, 0.4) is 0 Å². The van der Waals surface area contributed by atoms with Gasteiger partial charge in [0.1, 0.15) is 0 Å². The Morgan fingerprint density at radius 3 is 2.41 bits per heavy atom. The molecule has 1 aliphatic carbocycles. The van der Waals surface area contributed by atoms with E-state index >= 15 is 0 Å². The second kappa shape index (κ2) is 3.63. The number of hydrogen-bond donors (Lipinski definition) is 1. The average molecular weight is 299 g/mol. The van der Waals surface area contributed by atoms with Gasteiger partial charge in [-0.25, -0.2) is 4.79 Å². The van der Waals surface area contributed by atoms with E-state index in [9.17, 15) is 4.79 Å². The van der Waals surface area contributed by atoms with Crippen molar-refractivity contribution < 1.29 is 19.4 Å². The Labute approximate surface area is 107 Å². The molecule has 0 amide bonds. The summed E-state index contributed by atoms with van der Waals surface area (Å²) in [7, 11) is 0. The first kappa shape index (κ1) is 10.9. The van der Waals surface area contributed by atoms with Crippen LogP contribution in [-0.2, 0) is 0 Å². The summed E-state index contributed by atoms with van der Waals surface area (Å²) >= 11 is 3.23. The third kappa shape index (κ3) is 1.69. The van der Waals surface area contributed by atoms with E-state index in [1.807, 2.05) is 0 Å². The van der Waals surface area contributed by atoms with Gasteiger partial charge in [0, 0.05) is 17.3 Å². The zero-order valence-electron chi connectivity index (χ0n) is 9.03. The highest BCUT2D eigenvalue weighted by atomic mass is 79.9. The molecule has 17 heavy (non-hydrogen) atoms. The van der Waals surface area contributed by atoms with Crippen LogP contribution in [0.1, 0.15) is 36.0 Å². The first-order valence-electron chi connectivity index (χ1n) is 5.55. The Hall–Kier alpha value is -1.23. The number of carboxylic acid groups (broad SMARTS) is 1. The Kier molecular flexibility index (Phi) is 2.33. The number of benzene rings is 1. The largest absolute Gasteiger partial charge is 0.478 e. The number of ether oxygens (including phenoxy) is 2. The van der Waals surface area contributed by atoms with Crippen LogP contribution in [0.25, 0.3) is 0 Å². The van der Waals surface area contributed by atoms with Gasteiger partial charge in [-0.1, -0.05) is 0 Å². The molecule has 0 bridgehead atoms. The Morgan fingerprint density at radius 2 is 1.82 bits per heavy atom. The molecule has 0 radical (unpaired) electrons. The monoisotopic (exact) mass is 298 g/mol. The number of aromatic carboxylic acids is 1. The van der Waals surface area contributed by atoms with Gasteiger partial charge in [-0.05, 0) is 40.9 Å². The number of carbonyl (C=O) groups is 1. The second-order valence-corrected chi connectivity index (χ2v) is 5.26. The lowest BCUT2D eigenvalue weighted by atomic mass is 10.2. The molecule has 1 aliphatic heterocycles. The van der Waals surface area contributed by atoms with Gasteiger partial charge in [0.05, 0.1) is 5.56 Å². The topological polar surface area (TPSA) is 55.8 Å². The van der Waals surface area contributed by atoms with Crippen molar-refractivity contribution in [2.75, 3.05) is 0 Å². The molecule has 0 unspecified atom stereocenters. The molecule has 90 valence electrons. The summed E-state index contributed by atoms with van der Waals surface area (Å²) in [6.07, 6.45) is 3.89. The highest BCUT2D eigenvalue weighted by Crippen LogP contribution is 2.48. The Balaban J connectivity index is 2.00. The van der Waals surface area contributed by atoms with E-state index in [0.29, 0.717) is 16.0 Å². The van der Waals surface area contributed by atoms with Gasteiger partial charge < -0.3 is 14.6 Å². The first-order chi connectivity index (χ1) is 8.10. The van der Waals surface area contributed by atoms with Crippen LogP contribution in [0.2, 0.25) is 0 Å². The van der Waals surface area contributed by atoms with Crippen molar-refractivity contribution in [2.45, 2.75) is 31.5 Å². The zero-order chi connectivity index (χ0) is 12.0. The van der Waals surface area contributed by atoms with Gasteiger partial charge in [0.15, 0.2) is 11.5 Å². The maximum Gasteiger partial charge on any atom is 0.336 e. The summed E-state index contributed by atoms with van der Waals surface area (Å²) in [5.74, 6) is -0.356. The summed E-state index contributed by atoms with van der Waals surface area (Å²) in [5.41, 5.74) is 0.197. The fraction of sp³-hybridized carbons (Fsp3) is 0.417. The molecule has 0 atom stereocenters. The fourth-order valence-electron chi connectivity index (χ4n) is 2.40. The predicted octanol–water partition coefficient (Wildman–Crippen LogP) is 3.19. The van der Waals surface area contributed by atoms with Gasteiger partial charge >= 0.3 is 5.97 Å². The number of carboxylic acids is 1. The van der Waals surface area contributed by atoms with Gasteiger partial charge in [0.2, 0.25) is 0 Å². The van der Waals surface area contributed by atoms with Crippen LogP contribution in [-0.4, -0.2) is 16.9 Å². The van der Waals surface area contributed by atoms with Crippen LogP contribution in [0.15, 0.2) is 16.6 Å². The van der Waals surface area contributed by atoms with Crippen LogP contribution < -0.4 is 9.47 Å². The van der Waals surface area contributed by atoms with E-state index in [2.05, 4.69) is 15.9 Å². The van der Waals surface area contributed by atoms with Crippen molar-refractivity contribution in [1.82, 2.24) is 0 Å². The van der Waals surface area contributed by atoms with Crippen molar-refractivity contribution in [2.24, 2.45) is 0 Å². The third-order valence-electron chi connectivity index (χ3n) is 3.22. The molecule has 3 rings (SSSR count). The molecule has 0 saturated heterocycles. The molecule has 1 spiro atoms. The van der Waals surface area contributed by atoms with Crippen molar-refractivity contribution in [1.29, 1.82) is 0 Å². The third-order valence-corrected chi connectivity index (χ3v) is 3.88. The molecule has 1 saturated carbocycles. The van der Waals surface area contributed by atoms with E-state index in [-0.39, 0.29) is 5.56 Å². The molecule has 1 N–H and O–H groups in total. The van der Waals surface area contributed by atoms with Gasteiger partial charge in [-0.3, -0.25) is 0 Å². The van der Waals surface area contributed by atoms with E-state index in [0.717, 1.165) is 25.7 Å². The average Bonchev–Trinajstić information content (AvgIpc) is 2.84. The van der Waals surface area contributed by atoms with Crippen LogP contribution in [0, 0.1) is 0 Å². The van der Waals surface area contributed by atoms with Crippen LogP contribution >= 0.6 is 15.9 Å². The molecule has 1 aromatic rings. The Bertz CT molecular complexity index is 492. The first-order valence-corrected chi connectivity index (χ1v) is 6.34. The van der Waals surface area contributed by atoms with Crippen LogP contribution in [0.4, 0.5) is 0 Å². The minimum Gasteiger partial charge on any atom is -0.478 e. The number of rotatable bonds is 1. The minimum atomic E-state index is -0.976. The summed E-state index contributed by atoms with van der Waals surface area (Å²) in [4.78, 5) is 11.0. The molecule has 1 heterocycles. The molecular formula is C12H11BrO4. The van der Waals surface area contributed by atoms with Crippen molar-refractivity contribution >= 4 is 21.9 Å². The lowest BCUT2D eigenvalue weighted by Crippen LogP contribution is -2.34. The summed E-state index contributed by atoms with van der Waals surface area (Å²) in [6, 6.07) is 3.20. The summed E-state index contributed by atoms with van der Waals surface area (Å²) in [6.45, 7) is 0. The van der Waals surface area contributed by atoms with Crippen LogP contribution in [0.5, 0.6) is 11.5 Å². The lowest BCUT2D eigenvalue weighted by molar-refractivity contribution is -0.0716. The number of hydrogen-bond acceptors (Lipinski definition) is 3. The second-order valence-electron chi connectivity index (χ2n) is 4.41. The van der Waals surface area contributed by atoms with Crippen molar-refractivity contribution in [3.63, 3.8) is 0 Å². The quantitative estimate of drug-likeness (QED) is 0.865. The van der Waals surface area contributed by atoms with E-state index < -0.39 is 11.8 Å². The summed E-state index contributed by atoms with van der Waals surface area (Å²) in [5, 5.41) is 9.03. The van der Waals surface area contributed by atoms with Gasteiger partial charge in [-0.15, -0.1) is 0 Å². The van der Waals surface area contributed by atoms with E-state index in [4.69, 9.17) is 14.6 Å². The smallest absolute Gasteiger partial charge is 0.336 e. The van der Waals surface area contributed by atoms with E-state index in [1.165, 1.54) is 6.07 Å². The molecule has 4 nitrogen and oxygen atoms in total. The van der Waals surface area contributed by atoms with Gasteiger partial charge in [-0.2, -0.15) is 0 Å². The molecular weight excluding hydrogens is 288 g/mol. The minimum absolute atomic E-state index is 0.197. The molecule has 0 aromatic heterocycles. The van der Waals surface area contributed by atoms with Crippen molar-refractivity contribution in [3.05, 3.63) is 22.2 Å². The fourth-order valence-corrected chi connectivity index (χ4v) is 2.89. The SMILES string of the molecule is O=C(O)c1cc2c(cc1Br)OC1(CCCC1)O2.